The van der Waals surface area contributed by atoms with Crippen LogP contribution in [0.4, 0.5) is 0 Å². The second-order valence-electron chi connectivity index (χ2n) is 7.56. The van der Waals surface area contributed by atoms with Crippen molar-refractivity contribution in [2.45, 2.75) is 65.5 Å². The van der Waals surface area contributed by atoms with Gasteiger partial charge in [-0.3, -0.25) is 4.79 Å². The maximum Gasteiger partial charge on any atom is 0.260 e. The minimum Gasteiger partial charge on any atom is -0.481 e. The van der Waals surface area contributed by atoms with E-state index < -0.39 is 6.10 Å². The van der Waals surface area contributed by atoms with Crippen LogP contribution in [0.15, 0.2) is 24.3 Å². The lowest BCUT2D eigenvalue weighted by Crippen LogP contribution is -2.41. The van der Waals surface area contributed by atoms with E-state index in [1.165, 1.54) is 5.56 Å². The first-order valence-corrected chi connectivity index (χ1v) is 8.90. The van der Waals surface area contributed by atoms with Gasteiger partial charge in [0.2, 0.25) is 0 Å². The third-order valence-electron chi connectivity index (χ3n) is 4.51. The quantitative estimate of drug-likeness (QED) is 0.790. The van der Waals surface area contributed by atoms with Gasteiger partial charge in [0.25, 0.3) is 5.91 Å². The fourth-order valence-corrected chi connectivity index (χ4v) is 2.32. The van der Waals surface area contributed by atoms with Crippen molar-refractivity contribution in [1.29, 1.82) is 0 Å². The van der Waals surface area contributed by atoms with Crippen LogP contribution in [0.2, 0.25) is 0 Å². The van der Waals surface area contributed by atoms with Crippen LogP contribution in [0.1, 0.15) is 53.5 Å². The molecule has 0 saturated carbocycles. The molecule has 0 fully saturated rings. The van der Waals surface area contributed by atoms with Crippen molar-refractivity contribution in [1.82, 2.24) is 10.2 Å². The van der Waals surface area contributed by atoms with Crippen LogP contribution in [0, 0.1) is 0 Å². The highest BCUT2D eigenvalue weighted by Crippen LogP contribution is 2.24. The van der Waals surface area contributed by atoms with Crippen LogP contribution in [0.25, 0.3) is 0 Å². The molecule has 1 aromatic rings. The van der Waals surface area contributed by atoms with Gasteiger partial charge in [-0.15, -0.1) is 0 Å². The Hall–Kier alpha value is -1.55. The molecule has 0 aliphatic heterocycles. The van der Waals surface area contributed by atoms with Crippen molar-refractivity contribution >= 4 is 5.91 Å². The van der Waals surface area contributed by atoms with Crippen molar-refractivity contribution in [3.8, 4) is 5.75 Å². The predicted molar refractivity (Wildman–Crippen MR) is 101 cm³/mol. The number of carbonyl (C=O) groups is 1. The Balaban J connectivity index is 2.44. The van der Waals surface area contributed by atoms with E-state index in [4.69, 9.17) is 4.74 Å². The maximum atomic E-state index is 12.1. The SMILES string of the molecule is CC[C@@H](C)N(C)CCNC(=O)[C@H](C)Oc1ccc(C(C)(C)C)cc1. The van der Waals surface area contributed by atoms with Gasteiger partial charge in [-0.1, -0.05) is 39.8 Å². The van der Waals surface area contributed by atoms with Gasteiger partial charge in [0, 0.05) is 19.1 Å². The lowest BCUT2D eigenvalue weighted by molar-refractivity contribution is -0.127. The summed E-state index contributed by atoms with van der Waals surface area (Å²) in [6, 6.07) is 8.50. The van der Waals surface area contributed by atoms with Crippen LogP contribution in [-0.4, -0.2) is 43.1 Å². The van der Waals surface area contributed by atoms with Gasteiger partial charge in [0.05, 0.1) is 0 Å². The summed E-state index contributed by atoms with van der Waals surface area (Å²) in [6.45, 7) is 14.1. The molecule has 4 heteroatoms. The Morgan fingerprint density at radius 3 is 2.29 bits per heavy atom. The van der Waals surface area contributed by atoms with E-state index in [9.17, 15) is 4.79 Å². The molecule has 0 bridgehead atoms. The summed E-state index contributed by atoms with van der Waals surface area (Å²) >= 11 is 0. The molecule has 0 aliphatic carbocycles. The van der Waals surface area contributed by atoms with Crippen molar-refractivity contribution < 1.29 is 9.53 Å². The zero-order chi connectivity index (χ0) is 18.3. The number of rotatable bonds is 8. The van der Waals surface area contributed by atoms with Crippen molar-refractivity contribution in [2.75, 3.05) is 20.1 Å². The summed E-state index contributed by atoms with van der Waals surface area (Å²) in [5.74, 6) is 0.648. The average molecular weight is 335 g/mol. The molecule has 0 aromatic heterocycles. The molecule has 24 heavy (non-hydrogen) atoms. The van der Waals surface area contributed by atoms with Crippen LogP contribution in [-0.2, 0) is 10.2 Å². The Morgan fingerprint density at radius 2 is 1.79 bits per heavy atom. The van der Waals surface area contributed by atoms with Crippen LogP contribution < -0.4 is 10.1 Å². The molecule has 136 valence electrons. The van der Waals surface area contributed by atoms with Gasteiger partial charge in [-0.25, -0.2) is 0 Å². The first kappa shape index (κ1) is 20.5. The Labute approximate surface area is 147 Å². The van der Waals surface area contributed by atoms with Gasteiger partial charge in [0.1, 0.15) is 5.75 Å². The zero-order valence-electron chi connectivity index (χ0n) is 16.3. The number of hydrogen-bond acceptors (Lipinski definition) is 3. The molecule has 0 radical (unpaired) electrons. The van der Waals surface area contributed by atoms with Gasteiger partial charge >= 0.3 is 0 Å². The normalized spacial score (nSPS) is 14.3. The van der Waals surface area contributed by atoms with E-state index in [1.54, 1.807) is 6.92 Å². The molecule has 1 amide bonds. The molecule has 0 unspecified atom stereocenters. The summed E-state index contributed by atoms with van der Waals surface area (Å²) in [5, 5.41) is 2.94. The van der Waals surface area contributed by atoms with Gasteiger partial charge < -0.3 is 15.0 Å². The molecule has 1 rings (SSSR count). The number of nitrogens with zero attached hydrogens (tertiary/aromatic N) is 1. The predicted octanol–water partition coefficient (Wildman–Crippen LogP) is 3.60. The first-order valence-electron chi connectivity index (χ1n) is 8.90. The number of likely N-dealkylation sites (N-methyl/N-ethyl adjacent to an activating group) is 1. The van der Waals surface area contributed by atoms with Crippen LogP contribution in [0.5, 0.6) is 5.75 Å². The fraction of sp³-hybridized carbons (Fsp3) is 0.650. The molecule has 1 N–H and O–H groups in total. The highest BCUT2D eigenvalue weighted by molar-refractivity contribution is 5.80. The minimum absolute atomic E-state index is 0.0764. The van der Waals surface area contributed by atoms with Crippen molar-refractivity contribution in [3.05, 3.63) is 29.8 Å². The molecule has 0 spiro atoms. The molecule has 1 aromatic carbocycles. The maximum absolute atomic E-state index is 12.1. The molecule has 0 aliphatic rings. The van der Waals surface area contributed by atoms with Gasteiger partial charge in [-0.2, -0.15) is 0 Å². The highest BCUT2D eigenvalue weighted by atomic mass is 16.5. The number of nitrogens with one attached hydrogen (secondary N) is 1. The lowest BCUT2D eigenvalue weighted by atomic mass is 9.87. The number of benzene rings is 1. The molecule has 2 atom stereocenters. The fourth-order valence-electron chi connectivity index (χ4n) is 2.32. The van der Waals surface area contributed by atoms with Crippen molar-refractivity contribution in [3.63, 3.8) is 0 Å². The Bertz CT molecular complexity index is 505. The second kappa shape index (κ2) is 9.07. The average Bonchev–Trinajstić information content (AvgIpc) is 2.53. The molecular weight excluding hydrogens is 300 g/mol. The lowest BCUT2D eigenvalue weighted by Gasteiger charge is -2.24. The molecular formula is C20H34N2O2. The third-order valence-corrected chi connectivity index (χ3v) is 4.51. The monoisotopic (exact) mass is 334 g/mol. The number of ether oxygens (including phenoxy) is 1. The largest absolute Gasteiger partial charge is 0.481 e. The second-order valence-corrected chi connectivity index (χ2v) is 7.56. The number of hydrogen-bond donors (Lipinski definition) is 1. The zero-order valence-corrected chi connectivity index (χ0v) is 16.3. The number of carbonyl (C=O) groups excluding carboxylic acids is 1. The van der Waals surface area contributed by atoms with E-state index in [0.29, 0.717) is 12.6 Å². The Kier molecular flexibility index (Phi) is 7.74. The summed E-state index contributed by atoms with van der Waals surface area (Å²) < 4.78 is 5.74. The molecule has 0 heterocycles. The molecule has 0 saturated heterocycles. The highest BCUT2D eigenvalue weighted by Gasteiger charge is 2.16. The van der Waals surface area contributed by atoms with E-state index in [0.717, 1.165) is 18.7 Å². The summed E-state index contributed by atoms with van der Waals surface area (Å²) in [6.07, 6.45) is 0.605. The third kappa shape index (κ3) is 6.52. The van der Waals surface area contributed by atoms with Gasteiger partial charge in [0.15, 0.2) is 6.10 Å². The van der Waals surface area contributed by atoms with E-state index in [2.05, 4.69) is 64.0 Å². The standard InChI is InChI=1S/C20H34N2O2/c1-8-15(2)22(7)14-13-21-19(23)16(3)24-18-11-9-17(10-12-18)20(4,5)6/h9-12,15-16H,8,13-14H2,1-7H3,(H,21,23)/t15-,16+/m1/s1. The van der Waals surface area contributed by atoms with E-state index in [-0.39, 0.29) is 11.3 Å². The van der Waals surface area contributed by atoms with Crippen LogP contribution >= 0.6 is 0 Å². The molecule has 4 nitrogen and oxygen atoms in total. The first-order chi connectivity index (χ1) is 11.1. The van der Waals surface area contributed by atoms with Gasteiger partial charge in [-0.05, 0) is 50.4 Å². The smallest absolute Gasteiger partial charge is 0.260 e. The topological polar surface area (TPSA) is 41.6 Å². The van der Waals surface area contributed by atoms with Crippen molar-refractivity contribution in [2.24, 2.45) is 0 Å². The van der Waals surface area contributed by atoms with Crippen LogP contribution in [0.3, 0.4) is 0 Å². The number of amides is 1. The van der Waals surface area contributed by atoms with E-state index >= 15 is 0 Å². The summed E-state index contributed by atoms with van der Waals surface area (Å²) in [7, 11) is 2.08. The summed E-state index contributed by atoms with van der Waals surface area (Å²) in [5.41, 5.74) is 1.36. The Morgan fingerprint density at radius 1 is 1.21 bits per heavy atom. The summed E-state index contributed by atoms with van der Waals surface area (Å²) in [4.78, 5) is 14.4. The van der Waals surface area contributed by atoms with E-state index in [1.807, 2.05) is 12.1 Å². The minimum atomic E-state index is -0.501.